The van der Waals surface area contributed by atoms with Crippen molar-refractivity contribution in [2.24, 2.45) is 0 Å². The molecular formula is C13H9F4NO. The summed E-state index contributed by atoms with van der Waals surface area (Å²) in [6, 6.07) is 4.57. The van der Waals surface area contributed by atoms with Crippen LogP contribution in [-0.4, -0.2) is 12.1 Å². The normalized spacial score (nSPS) is 11.4. The molecule has 6 heteroatoms. The number of aromatic nitrogens is 1. The van der Waals surface area contributed by atoms with Gasteiger partial charge in [-0.3, -0.25) is 4.98 Å². The number of pyridine rings is 1. The first-order valence-electron chi connectivity index (χ1n) is 5.28. The number of methoxy groups -OCH3 is 1. The number of nitrogens with zero attached hydrogens (tertiary/aromatic N) is 1. The molecule has 1 heterocycles. The van der Waals surface area contributed by atoms with E-state index < -0.39 is 17.6 Å². The van der Waals surface area contributed by atoms with E-state index in [1.54, 1.807) is 0 Å². The van der Waals surface area contributed by atoms with Crippen LogP contribution in [0.25, 0.3) is 11.1 Å². The molecule has 0 fully saturated rings. The number of hydrogen-bond acceptors (Lipinski definition) is 2. The minimum absolute atomic E-state index is 0.130. The van der Waals surface area contributed by atoms with Gasteiger partial charge in [0.2, 0.25) is 0 Å². The van der Waals surface area contributed by atoms with E-state index in [9.17, 15) is 17.6 Å². The highest BCUT2D eigenvalue weighted by molar-refractivity contribution is 5.70. The van der Waals surface area contributed by atoms with Gasteiger partial charge in [0.1, 0.15) is 0 Å². The molecule has 2 aromatic rings. The molecule has 1 aromatic heterocycles. The second-order valence-electron chi connectivity index (χ2n) is 3.78. The molecule has 0 atom stereocenters. The third kappa shape index (κ3) is 2.67. The Morgan fingerprint density at radius 3 is 2.53 bits per heavy atom. The van der Waals surface area contributed by atoms with Gasteiger partial charge in [-0.1, -0.05) is 12.1 Å². The lowest BCUT2D eigenvalue weighted by Crippen LogP contribution is -2.04. The summed E-state index contributed by atoms with van der Waals surface area (Å²) in [6.07, 6.45) is -2.25. The zero-order valence-corrected chi connectivity index (χ0v) is 9.83. The van der Waals surface area contributed by atoms with Gasteiger partial charge in [-0.2, -0.15) is 13.2 Å². The number of ether oxygens (including phenoxy) is 1. The fourth-order valence-electron chi connectivity index (χ4n) is 1.70. The fourth-order valence-corrected chi connectivity index (χ4v) is 1.70. The number of hydrogen-bond donors (Lipinski definition) is 0. The van der Waals surface area contributed by atoms with Gasteiger partial charge in [-0.15, -0.1) is 0 Å². The van der Waals surface area contributed by atoms with Gasteiger partial charge in [0.25, 0.3) is 0 Å². The van der Waals surface area contributed by atoms with Crippen molar-refractivity contribution in [3.8, 4) is 16.9 Å². The third-order valence-corrected chi connectivity index (χ3v) is 2.56. The highest BCUT2D eigenvalue weighted by Crippen LogP contribution is 2.35. The molecule has 0 radical (unpaired) electrons. The van der Waals surface area contributed by atoms with Crippen LogP contribution < -0.4 is 4.74 Å². The Hall–Kier alpha value is -2.11. The molecule has 0 saturated heterocycles. The molecule has 2 nitrogen and oxygen atoms in total. The summed E-state index contributed by atoms with van der Waals surface area (Å²) in [4.78, 5) is 3.62. The minimum atomic E-state index is -4.45. The lowest BCUT2D eigenvalue weighted by molar-refractivity contribution is -0.137. The van der Waals surface area contributed by atoms with Crippen LogP contribution in [-0.2, 0) is 6.18 Å². The number of benzene rings is 1. The number of rotatable bonds is 2. The zero-order valence-electron chi connectivity index (χ0n) is 9.83. The van der Waals surface area contributed by atoms with Crippen LogP contribution in [0.2, 0.25) is 0 Å². The molecule has 0 amide bonds. The van der Waals surface area contributed by atoms with Crippen LogP contribution in [0.15, 0.2) is 36.7 Å². The summed E-state index contributed by atoms with van der Waals surface area (Å²) in [7, 11) is 1.25. The summed E-state index contributed by atoms with van der Waals surface area (Å²) in [5, 5.41) is 0. The zero-order chi connectivity index (χ0) is 14.0. The second-order valence-corrected chi connectivity index (χ2v) is 3.78. The van der Waals surface area contributed by atoms with Gasteiger partial charge in [-0.05, 0) is 17.7 Å². The summed E-state index contributed by atoms with van der Waals surface area (Å²) in [5.74, 6) is -0.855. The molecule has 0 spiro atoms. The van der Waals surface area contributed by atoms with Gasteiger partial charge >= 0.3 is 6.18 Å². The van der Waals surface area contributed by atoms with E-state index in [4.69, 9.17) is 4.74 Å². The molecule has 0 unspecified atom stereocenters. The number of alkyl halides is 3. The van der Waals surface area contributed by atoms with E-state index in [1.165, 1.54) is 25.4 Å². The smallest absolute Gasteiger partial charge is 0.416 e. The van der Waals surface area contributed by atoms with Crippen molar-refractivity contribution in [1.29, 1.82) is 0 Å². The first-order chi connectivity index (χ1) is 8.93. The maximum Gasteiger partial charge on any atom is 0.416 e. The van der Waals surface area contributed by atoms with Gasteiger partial charge in [-0.25, -0.2) is 4.39 Å². The average Bonchev–Trinajstić information content (AvgIpc) is 2.37. The monoisotopic (exact) mass is 271 g/mol. The second kappa shape index (κ2) is 4.87. The SMILES string of the molecule is COc1c(F)cncc1-c1cccc(C(F)(F)F)c1. The van der Waals surface area contributed by atoms with Crippen molar-refractivity contribution in [2.45, 2.75) is 6.18 Å². The Morgan fingerprint density at radius 2 is 1.89 bits per heavy atom. The summed E-state index contributed by atoms with van der Waals surface area (Å²) < 4.78 is 56.2. The first kappa shape index (κ1) is 13.3. The Labute approximate surface area is 106 Å². The van der Waals surface area contributed by atoms with Crippen molar-refractivity contribution in [3.63, 3.8) is 0 Å². The van der Waals surface area contributed by atoms with E-state index in [2.05, 4.69) is 4.98 Å². The molecule has 0 saturated carbocycles. The van der Waals surface area contributed by atoms with Crippen LogP contribution >= 0.6 is 0 Å². The third-order valence-electron chi connectivity index (χ3n) is 2.56. The van der Waals surface area contributed by atoms with Crippen LogP contribution in [0.4, 0.5) is 17.6 Å². The van der Waals surface area contributed by atoms with Crippen LogP contribution in [0.1, 0.15) is 5.56 Å². The lowest BCUT2D eigenvalue weighted by atomic mass is 10.0. The predicted molar refractivity (Wildman–Crippen MR) is 61.2 cm³/mol. The molecule has 0 bridgehead atoms. The first-order valence-corrected chi connectivity index (χ1v) is 5.28. The van der Waals surface area contributed by atoms with Crippen LogP contribution in [0.5, 0.6) is 5.75 Å². The van der Waals surface area contributed by atoms with Gasteiger partial charge in [0.15, 0.2) is 11.6 Å². The topological polar surface area (TPSA) is 22.1 Å². The quantitative estimate of drug-likeness (QED) is 0.772. The standard InChI is InChI=1S/C13H9F4NO/c1-19-12-10(6-18-7-11(12)14)8-3-2-4-9(5-8)13(15,16)17/h2-7H,1H3. The van der Waals surface area contributed by atoms with Gasteiger partial charge in [0.05, 0.1) is 18.9 Å². The van der Waals surface area contributed by atoms with Crippen molar-refractivity contribution in [3.05, 3.63) is 48.0 Å². The Bertz CT molecular complexity index is 595. The molecule has 0 aliphatic carbocycles. The van der Waals surface area contributed by atoms with E-state index >= 15 is 0 Å². The highest BCUT2D eigenvalue weighted by atomic mass is 19.4. The van der Waals surface area contributed by atoms with E-state index in [0.717, 1.165) is 18.3 Å². The molecule has 2 rings (SSSR count). The fraction of sp³-hybridized carbons (Fsp3) is 0.154. The van der Waals surface area contributed by atoms with Gasteiger partial charge < -0.3 is 4.74 Å². The Morgan fingerprint density at radius 1 is 1.16 bits per heavy atom. The summed E-state index contributed by atoms with van der Waals surface area (Å²) >= 11 is 0. The van der Waals surface area contributed by atoms with E-state index in [0.29, 0.717) is 0 Å². The van der Waals surface area contributed by atoms with Crippen LogP contribution in [0, 0.1) is 5.82 Å². The maximum absolute atomic E-state index is 13.5. The molecule has 100 valence electrons. The largest absolute Gasteiger partial charge is 0.493 e. The Kier molecular flexibility index (Phi) is 3.42. The number of halogens is 4. The summed E-state index contributed by atoms with van der Waals surface area (Å²) in [5.41, 5.74) is -0.441. The lowest BCUT2D eigenvalue weighted by Gasteiger charge is -2.11. The Balaban J connectivity index is 2.57. The molecule has 0 N–H and O–H groups in total. The van der Waals surface area contributed by atoms with Crippen molar-refractivity contribution in [1.82, 2.24) is 4.98 Å². The molecule has 1 aromatic carbocycles. The van der Waals surface area contributed by atoms with Gasteiger partial charge in [0, 0.05) is 11.8 Å². The maximum atomic E-state index is 13.5. The highest BCUT2D eigenvalue weighted by Gasteiger charge is 2.30. The molecule has 19 heavy (non-hydrogen) atoms. The average molecular weight is 271 g/mol. The van der Waals surface area contributed by atoms with E-state index in [1.807, 2.05) is 0 Å². The summed E-state index contributed by atoms with van der Waals surface area (Å²) in [6.45, 7) is 0. The molecular weight excluding hydrogens is 262 g/mol. The van der Waals surface area contributed by atoms with Crippen molar-refractivity contribution >= 4 is 0 Å². The van der Waals surface area contributed by atoms with E-state index in [-0.39, 0.29) is 16.9 Å². The van der Waals surface area contributed by atoms with Crippen molar-refractivity contribution in [2.75, 3.05) is 7.11 Å². The predicted octanol–water partition coefficient (Wildman–Crippen LogP) is 3.92. The van der Waals surface area contributed by atoms with Crippen LogP contribution in [0.3, 0.4) is 0 Å². The molecule has 0 aliphatic rings. The minimum Gasteiger partial charge on any atom is -0.493 e. The molecule has 0 aliphatic heterocycles. The van der Waals surface area contributed by atoms with Crippen molar-refractivity contribution < 1.29 is 22.3 Å².